The predicted octanol–water partition coefficient (Wildman–Crippen LogP) is 4.69. The molecule has 0 radical (unpaired) electrons. The third-order valence-corrected chi connectivity index (χ3v) is 8.12. The maximum Gasteiger partial charge on any atom is 0.272 e. The van der Waals surface area contributed by atoms with Crippen molar-refractivity contribution in [1.82, 2.24) is 25.0 Å². The van der Waals surface area contributed by atoms with E-state index in [4.69, 9.17) is 11.6 Å². The van der Waals surface area contributed by atoms with Crippen molar-refractivity contribution < 1.29 is 9.59 Å². The highest BCUT2D eigenvalue weighted by atomic mass is 35.5. The van der Waals surface area contributed by atoms with E-state index in [0.29, 0.717) is 40.3 Å². The summed E-state index contributed by atoms with van der Waals surface area (Å²) in [4.78, 5) is 39.4. The fourth-order valence-corrected chi connectivity index (χ4v) is 5.33. The summed E-state index contributed by atoms with van der Waals surface area (Å²) in [7, 11) is 1.93. The maximum atomic E-state index is 13.3. The molecule has 0 aliphatic carbocycles. The van der Waals surface area contributed by atoms with Crippen LogP contribution in [0, 0.1) is 12.8 Å². The lowest BCUT2D eigenvalue weighted by Gasteiger charge is -2.33. The number of pyridine rings is 1. The smallest absolute Gasteiger partial charge is 0.272 e. The van der Waals surface area contributed by atoms with E-state index in [9.17, 15) is 9.59 Å². The molecule has 41 heavy (non-hydrogen) atoms. The van der Waals surface area contributed by atoms with Gasteiger partial charge >= 0.3 is 0 Å². The number of amides is 2. The average molecular weight is 575 g/mol. The molecule has 1 saturated heterocycles. The SMILES string of the molecule is Cc1c(C(=O)NCCC2CCN(c3ccncc3)CC2)nn(C2=C[C@H](C)N(C)C=N2)c1NC(=O)c1ccccc1Cl. The Bertz CT molecular complexity index is 1460. The molecule has 10 nitrogen and oxygen atoms in total. The van der Waals surface area contributed by atoms with E-state index < -0.39 is 5.91 Å². The molecule has 214 valence electrons. The summed E-state index contributed by atoms with van der Waals surface area (Å²) < 4.78 is 1.52. The van der Waals surface area contributed by atoms with Crippen LogP contribution >= 0.6 is 11.6 Å². The molecular formula is C30H35ClN8O2. The minimum Gasteiger partial charge on any atom is -0.371 e. The molecule has 11 heteroatoms. The van der Waals surface area contributed by atoms with Crippen LogP contribution in [-0.2, 0) is 0 Å². The first-order valence-electron chi connectivity index (χ1n) is 13.9. The number of aromatic nitrogens is 3. The standard InChI is InChI=1S/C30H35ClN8O2/c1-20-18-26(34-19-37(20)3)39-28(35-29(40)24-6-4-5-7-25(24)31)21(2)27(36-39)30(41)33-15-8-22-11-16-38(17-12-22)23-9-13-32-14-10-23/h4-7,9-10,13-14,18-20,22H,8,11-12,15-17H2,1-3H3,(H,33,41)(H,35,40)/t20-/m0/s1. The number of anilines is 2. The summed E-state index contributed by atoms with van der Waals surface area (Å²) >= 11 is 6.27. The molecule has 2 aromatic heterocycles. The summed E-state index contributed by atoms with van der Waals surface area (Å²) in [5, 5.41) is 10.9. The molecule has 1 aromatic carbocycles. The fraction of sp³-hybridized carbons (Fsp3) is 0.367. The van der Waals surface area contributed by atoms with Gasteiger partial charge in [-0.25, -0.2) is 4.99 Å². The lowest BCUT2D eigenvalue weighted by Crippen LogP contribution is -2.35. The average Bonchev–Trinajstić information content (AvgIpc) is 3.31. The number of benzene rings is 1. The summed E-state index contributed by atoms with van der Waals surface area (Å²) in [6, 6.07) is 11.0. The van der Waals surface area contributed by atoms with E-state index in [2.05, 4.69) is 30.6 Å². The van der Waals surface area contributed by atoms with Crippen LogP contribution in [-0.4, -0.2) is 70.5 Å². The highest BCUT2D eigenvalue weighted by molar-refractivity contribution is 6.34. The van der Waals surface area contributed by atoms with Crippen molar-refractivity contribution in [3.8, 4) is 0 Å². The molecule has 1 atom stereocenters. The van der Waals surface area contributed by atoms with Crippen LogP contribution in [0.2, 0.25) is 5.02 Å². The van der Waals surface area contributed by atoms with Crippen molar-refractivity contribution >= 4 is 47.1 Å². The van der Waals surface area contributed by atoms with Gasteiger partial charge in [-0.3, -0.25) is 14.6 Å². The number of piperidine rings is 1. The molecule has 2 aliphatic heterocycles. The van der Waals surface area contributed by atoms with Crippen LogP contribution in [0.3, 0.4) is 0 Å². The number of aliphatic imine (C=N–C) groups is 1. The second-order valence-electron chi connectivity index (χ2n) is 10.5. The zero-order valence-corrected chi connectivity index (χ0v) is 24.3. The number of halogens is 1. The van der Waals surface area contributed by atoms with Crippen molar-refractivity contribution in [2.75, 3.05) is 36.9 Å². The Labute approximate surface area is 245 Å². The molecule has 2 amide bonds. The van der Waals surface area contributed by atoms with E-state index >= 15 is 0 Å². The first-order chi connectivity index (χ1) is 19.8. The van der Waals surface area contributed by atoms with Gasteiger partial charge in [-0.05, 0) is 69.4 Å². The minimum atomic E-state index is -0.393. The predicted molar refractivity (Wildman–Crippen MR) is 162 cm³/mol. The second-order valence-corrected chi connectivity index (χ2v) is 10.9. The molecular weight excluding hydrogens is 540 g/mol. The third-order valence-electron chi connectivity index (χ3n) is 7.79. The molecule has 0 unspecified atom stereocenters. The Morgan fingerprint density at radius 2 is 1.80 bits per heavy atom. The van der Waals surface area contributed by atoms with Gasteiger partial charge < -0.3 is 20.4 Å². The Hall–Kier alpha value is -4.18. The summed E-state index contributed by atoms with van der Waals surface area (Å²) in [5.41, 5.74) is 2.33. The molecule has 5 rings (SSSR count). The van der Waals surface area contributed by atoms with Crippen molar-refractivity contribution in [3.05, 3.63) is 76.7 Å². The minimum absolute atomic E-state index is 0.0568. The van der Waals surface area contributed by atoms with Crippen molar-refractivity contribution in [2.24, 2.45) is 10.9 Å². The molecule has 0 saturated carbocycles. The molecule has 2 N–H and O–H groups in total. The molecule has 0 bridgehead atoms. The number of hydrogen-bond acceptors (Lipinski definition) is 7. The molecule has 3 aromatic rings. The molecule has 1 fully saturated rings. The summed E-state index contributed by atoms with van der Waals surface area (Å²) in [6.45, 7) is 6.33. The Morgan fingerprint density at radius 3 is 2.51 bits per heavy atom. The van der Waals surface area contributed by atoms with E-state index in [1.54, 1.807) is 37.5 Å². The molecule has 2 aliphatic rings. The first kappa shape index (κ1) is 28.4. The van der Waals surface area contributed by atoms with Gasteiger partial charge in [0.2, 0.25) is 0 Å². The van der Waals surface area contributed by atoms with E-state index in [0.717, 1.165) is 32.4 Å². The Balaban J connectivity index is 1.27. The third kappa shape index (κ3) is 6.43. The Kier molecular flexibility index (Phi) is 8.68. The van der Waals surface area contributed by atoms with Crippen molar-refractivity contribution in [3.63, 3.8) is 0 Å². The van der Waals surface area contributed by atoms with Gasteiger partial charge in [-0.15, -0.1) is 0 Å². The fourth-order valence-electron chi connectivity index (χ4n) is 5.11. The van der Waals surface area contributed by atoms with Gasteiger partial charge in [0.05, 0.1) is 16.9 Å². The van der Waals surface area contributed by atoms with Crippen LogP contribution in [0.5, 0.6) is 0 Å². The lowest BCUT2D eigenvalue weighted by atomic mass is 9.93. The largest absolute Gasteiger partial charge is 0.371 e. The number of hydrogen-bond donors (Lipinski definition) is 2. The van der Waals surface area contributed by atoms with Gasteiger partial charge in [0, 0.05) is 56.4 Å². The summed E-state index contributed by atoms with van der Waals surface area (Å²) in [6.07, 6.45) is 10.3. The normalized spacial score (nSPS) is 17.4. The number of carbonyl (C=O) groups is 2. The van der Waals surface area contributed by atoms with Gasteiger partial charge in [-0.2, -0.15) is 9.78 Å². The monoisotopic (exact) mass is 574 g/mol. The second kappa shape index (κ2) is 12.6. The van der Waals surface area contributed by atoms with Crippen LogP contribution in [0.15, 0.2) is 59.9 Å². The van der Waals surface area contributed by atoms with Crippen LogP contribution in [0.4, 0.5) is 11.5 Å². The van der Waals surface area contributed by atoms with E-state index in [1.165, 1.54) is 10.4 Å². The number of carbonyl (C=O) groups excluding carboxylic acids is 2. The number of rotatable bonds is 8. The van der Waals surface area contributed by atoms with Crippen LogP contribution in [0.1, 0.15) is 52.6 Å². The number of likely N-dealkylation sites (N-methyl/N-ethyl adjacent to an activating group) is 1. The van der Waals surface area contributed by atoms with Crippen molar-refractivity contribution in [1.29, 1.82) is 0 Å². The number of nitrogens with zero attached hydrogens (tertiary/aromatic N) is 6. The van der Waals surface area contributed by atoms with Crippen LogP contribution in [0.25, 0.3) is 5.82 Å². The molecule has 0 spiro atoms. The summed E-state index contributed by atoms with van der Waals surface area (Å²) in [5.74, 6) is 0.763. The highest BCUT2D eigenvalue weighted by Gasteiger charge is 2.26. The number of nitrogens with one attached hydrogen (secondary N) is 2. The maximum absolute atomic E-state index is 13.3. The zero-order valence-electron chi connectivity index (χ0n) is 23.5. The van der Waals surface area contributed by atoms with Gasteiger partial charge in [0.25, 0.3) is 11.8 Å². The topological polar surface area (TPSA) is 108 Å². The van der Waals surface area contributed by atoms with Gasteiger partial charge in [0.1, 0.15) is 5.82 Å². The first-order valence-corrected chi connectivity index (χ1v) is 14.3. The molecule has 4 heterocycles. The lowest BCUT2D eigenvalue weighted by molar-refractivity contribution is 0.0943. The van der Waals surface area contributed by atoms with Crippen molar-refractivity contribution in [2.45, 2.75) is 39.2 Å². The Morgan fingerprint density at radius 1 is 1.07 bits per heavy atom. The van der Waals surface area contributed by atoms with E-state index in [-0.39, 0.29) is 17.6 Å². The highest BCUT2D eigenvalue weighted by Crippen LogP contribution is 2.28. The van der Waals surface area contributed by atoms with Crippen LogP contribution < -0.4 is 15.5 Å². The zero-order chi connectivity index (χ0) is 28.9. The van der Waals surface area contributed by atoms with Gasteiger partial charge in [-0.1, -0.05) is 23.7 Å². The van der Waals surface area contributed by atoms with Gasteiger partial charge in [0.15, 0.2) is 11.5 Å². The quantitative estimate of drug-likeness (QED) is 0.404. The van der Waals surface area contributed by atoms with E-state index in [1.807, 2.05) is 49.5 Å².